The number of hydrogen-bond acceptors (Lipinski definition) is 4. The third kappa shape index (κ3) is 1.86. The zero-order chi connectivity index (χ0) is 9.14. The summed E-state index contributed by atoms with van der Waals surface area (Å²) in [6.07, 6.45) is -2.12. The average Bonchev–Trinajstić information content (AvgIpc) is 2.00. The molecule has 0 spiro atoms. The molecule has 1 aliphatic heterocycles. The van der Waals surface area contributed by atoms with Crippen molar-refractivity contribution in [1.29, 1.82) is 0 Å². The molecule has 0 aromatic heterocycles. The van der Waals surface area contributed by atoms with Gasteiger partial charge >= 0.3 is 0 Å². The van der Waals surface area contributed by atoms with Crippen molar-refractivity contribution < 1.29 is 14.9 Å². The first-order chi connectivity index (χ1) is 5.65. The number of aliphatic hydroxyl groups excluding tert-OH is 2. The van der Waals surface area contributed by atoms with Gasteiger partial charge in [0.25, 0.3) is 0 Å². The van der Waals surface area contributed by atoms with Gasteiger partial charge in [0.1, 0.15) is 0 Å². The van der Waals surface area contributed by atoms with Crippen LogP contribution in [0.15, 0.2) is 5.11 Å². The first-order valence-electron chi connectivity index (χ1n) is 3.71. The van der Waals surface area contributed by atoms with E-state index in [0.717, 1.165) is 0 Å². The maximum atomic E-state index is 9.39. The van der Waals surface area contributed by atoms with Crippen LogP contribution in [0.2, 0.25) is 0 Å². The van der Waals surface area contributed by atoms with Crippen LogP contribution < -0.4 is 0 Å². The molecule has 1 saturated heterocycles. The van der Waals surface area contributed by atoms with Gasteiger partial charge in [0.15, 0.2) is 6.29 Å². The van der Waals surface area contributed by atoms with Crippen molar-refractivity contribution in [1.82, 2.24) is 0 Å². The monoisotopic (exact) mass is 173 g/mol. The van der Waals surface area contributed by atoms with E-state index < -0.39 is 24.5 Å². The largest absolute Gasteiger partial charge is 0.390 e. The summed E-state index contributed by atoms with van der Waals surface area (Å²) in [4.78, 5) is 2.58. The van der Waals surface area contributed by atoms with Crippen LogP contribution in [0.5, 0.6) is 0 Å². The Morgan fingerprint density at radius 2 is 2.25 bits per heavy atom. The molecule has 0 radical (unpaired) electrons. The van der Waals surface area contributed by atoms with Crippen molar-refractivity contribution in [3.05, 3.63) is 10.4 Å². The van der Waals surface area contributed by atoms with Crippen LogP contribution in [-0.4, -0.2) is 34.8 Å². The molecule has 0 amide bonds. The highest BCUT2D eigenvalue weighted by atomic mass is 16.6. The van der Waals surface area contributed by atoms with Crippen LogP contribution >= 0.6 is 0 Å². The number of hydrogen-bond donors (Lipinski definition) is 2. The lowest BCUT2D eigenvalue weighted by Gasteiger charge is -2.33. The highest BCUT2D eigenvalue weighted by molar-refractivity contribution is 4.85. The summed E-state index contributed by atoms with van der Waals surface area (Å²) in [7, 11) is 0. The summed E-state index contributed by atoms with van der Waals surface area (Å²) in [5.41, 5.74) is 8.13. The first kappa shape index (κ1) is 9.28. The molecule has 0 aromatic rings. The van der Waals surface area contributed by atoms with Gasteiger partial charge in [-0.15, -0.1) is 0 Å². The van der Waals surface area contributed by atoms with E-state index in [1.54, 1.807) is 6.92 Å². The summed E-state index contributed by atoms with van der Waals surface area (Å²) in [6, 6.07) is -0.589. The Balaban J connectivity index is 2.65. The van der Waals surface area contributed by atoms with Gasteiger partial charge in [0.05, 0.1) is 18.2 Å². The molecule has 0 aliphatic carbocycles. The van der Waals surface area contributed by atoms with Crippen LogP contribution in [0.25, 0.3) is 10.4 Å². The third-order valence-corrected chi connectivity index (χ3v) is 1.89. The number of ether oxygens (including phenoxy) is 1. The summed E-state index contributed by atoms with van der Waals surface area (Å²) in [5.74, 6) is 0. The Hall–Kier alpha value is -0.810. The quantitative estimate of drug-likeness (QED) is 0.335. The van der Waals surface area contributed by atoms with Crippen LogP contribution in [0.4, 0.5) is 0 Å². The first-order valence-corrected chi connectivity index (χ1v) is 3.71. The fourth-order valence-electron chi connectivity index (χ4n) is 1.22. The van der Waals surface area contributed by atoms with Gasteiger partial charge in [-0.2, -0.15) is 0 Å². The summed E-state index contributed by atoms with van der Waals surface area (Å²) >= 11 is 0. The van der Waals surface area contributed by atoms with E-state index in [1.807, 2.05) is 0 Å². The van der Waals surface area contributed by atoms with Crippen molar-refractivity contribution in [2.24, 2.45) is 5.11 Å². The Morgan fingerprint density at radius 3 is 2.83 bits per heavy atom. The third-order valence-electron chi connectivity index (χ3n) is 1.89. The van der Waals surface area contributed by atoms with Crippen molar-refractivity contribution in [2.45, 2.75) is 37.9 Å². The zero-order valence-corrected chi connectivity index (χ0v) is 6.66. The standard InChI is InChI=1S/C6H11N3O3/c1-3-6(11)4(8-9-7)2-5(10)12-3/h3-6,10-11H,2H2,1H3/t3-,4-,5?,6+/m0/s1. The smallest absolute Gasteiger partial charge is 0.155 e. The number of aliphatic hydroxyl groups is 2. The molecule has 4 atom stereocenters. The molecule has 0 bridgehead atoms. The van der Waals surface area contributed by atoms with Crippen molar-refractivity contribution in [3.8, 4) is 0 Å². The van der Waals surface area contributed by atoms with E-state index in [1.165, 1.54) is 0 Å². The highest BCUT2D eigenvalue weighted by Crippen LogP contribution is 2.21. The molecule has 0 aromatic carbocycles. The SMILES string of the molecule is C[C@@H]1OC(O)C[C@H](N=[N+]=[N-])[C@@H]1O. The molecule has 2 N–H and O–H groups in total. The molecular formula is C6H11N3O3. The van der Waals surface area contributed by atoms with E-state index in [9.17, 15) is 5.11 Å². The lowest BCUT2D eigenvalue weighted by atomic mass is 10.0. The number of nitrogens with zero attached hydrogens (tertiary/aromatic N) is 3. The second kappa shape index (κ2) is 3.73. The van der Waals surface area contributed by atoms with E-state index in [2.05, 4.69) is 10.0 Å². The van der Waals surface area contributed by atoms with Gasteiger partial charge in [-0.3, -0.25) is 0 Å². The minimum absolute atomic E-state index is 0.148. The van der Waals surface area contributed by atoms with Gasteiger partial charge in [0, 0.05) is 11.3 Å². The highest BCUT2D eigenvalue weighted by Gasteiger charge is 2.33. The van der Waals surface area contributed by atoms with Crippen molar-refractivity contribution in [2.75, 3.05) is 0 Å². The summed E-state index contributed by atoms with van der Waals surface area (Å²) in [5, 5.41) is 21.8. The minimum atomic E-state index is -0.945. The van der Waals surface area contributed by atoms with Gasteiger partial charge in [0.2, 0.25) is 0 Å². The van der Waals surface area contributed by atoms with Crippen LogP contribution in [0, 0.1) is 0 Å². The maximum Gasteiger partial charge on any atom is 0.155 e. The predicted molar refractivity (Wildman–Crippen MR) is 40.1 cm³/mol. The molecule has 68 valence electrons. The van der Waals surface area contributed by atoms with Crippen molar-refractivity contribution >= 4 is 0 Å². The predicted octanol–water partition coefficient (Wildman–Crippen LogP) is 0.153. The lowest BCUT2D eigenvalue weighted by Crippen LogP contribution is -2.45. The maximum absolute atomic E-state index is 9.39. The molecule has 1 aliphatic rings. The lowest BCUT2D eigenvalue weighted by molar-refractivity contribution is -0.198. The Kier molecular flexibility index (Phi) is 2.88. The molecule has 12 heavy (non-hydrogen) atoms. The Bertz CT molecular complexity index is 204. The molecule has 1 heterocycles. The van der Waals surface area contributed by atoms with Crippen LogP contribution in [0.1, 0.15) is 13.3 Å². The van der Waals surface area contributed by atoms with Gasteiger partial charge in [-0.25, -0.2) is 0 Å². The van der Waals surface area contributed by atoms with E-state index >= 15 is 0 Å². The number of rotatable bonds is 1. The molecular weight excluding hydrogens is 162 g/mol. The topological polar surface area (TPSA) is 98.5 Å². The summed E-state index contributed by atoms with van der Waals surface area (Å²) < 4.78 is 4.90. The van der Waals surface area contributed by atoms with E-state index in [4.69, 9.17) is 15.4 Å². The Morgan fingerprint density at radius 1 is 1.58 bits per heavy atom. The Labute approximate surface area is 69.4 Å². The average molecular weight is 173 g/mol. The van der Waals surface area contributed by atoms with Gasteiger partial charge < -0.3 is 14.9 Å². The molecule has 1 rings (SSSR count). The van der Waals surface area contributed by atoms with Gasteiger partial charge in [-0.05, 0) is 12.5 Å². The fourth-order valence-corrected chi connectivity index (χ4v) is 1.22. The zero-order valence-electron chi connectivity index (χ0n) is 6.66. The van der Waals surface area contributed by atoms with Crippen LogP contribution in [0.3, 0.4) is 0 Å². The second-order valence-electron chi connectivity index (χ2n) is 2.79. The molecule has 6 heteroatoms. The minimum Gasteiger partial charge on any atom is -0.390 e. The van der Waals surface area contributed by atoms with E-state index in [-0.39, 0.29) is 6.42 Å². The molecule has 0 saturated carbocycles. The fraction of sp³-hybridized carbons (Fsp3) is 1.00. The van der Waals surface area contributed by atoms with E-state index in [0.29, 0.717) is 0 Å². The summed E-state index contributed by atoms with van der Waals surface area (Å²) in [6.45, 7) is 1.62. The normalized spacial score (nSPS) is 41.9. The van der Waals surface area contributed by atoms with Crippen LogP contribution in [-0.2, 0) is 4.74 Å². The van der Waals surface area contributed by atoms with Gasteiger partial charge in [-0.1, -0.05) is 5.11 Å². The second-order valence-corrected chi connectivity index (χ2v) is 2.79. The number of azide groups is 1. The van der Waals surface area contributed by atoms with Crippen molar-refractivity contribution in [3.63, 3.8) is 0 Å². The molecule has 1 unspecified atom stereocenters. The molecule has 1 fully saturated rings. The molecule has 6 nitrogen and oxygen atoms in total.